The molecule has 1 N–H and O–H groups in total. The monoisotopic (exact) mass is 314 g/mol. The van der Waals surface area contributed by atoms with E-state index in [0.717, 1.165) is 16.3 Å². The van der Waals surface area contributed by atoms with Gasteiger partial charge >= 0.3 is 0 Å². The van der Waals surface area contributed by atoms with Crippen LogP contribution in [0.2, 0.25) is 10.0 Å². The lowest BCUT2D eigenvalue weighted by molar-refractivity contribution is 0.526. The van der Waals surface area contributed by atoms with Gasteiger partial charge < -0.3 is 5.32 Å². The Morgan fingerprint density at radius 2 is 1.79 bits per heavy atom. The summed E-state index contributed by atoms with van der Waals surface area (Å²) in [4.78, 5) is 4.57. The lowest BCUT2D eigenvalue weighted by Crippen LogP contribution is -2.29. The van der Waals surface area contributed by atoms with Crippen LogP contribution in [0.1, 0.15) is 36.2 Å². The van der Waals surface area contributed by atoms with Crippen LogP contribution in [0.15, 0.2) is 23.6 Å². The Balaban J connectivity index is 2.42. The first-order chi connectivity index (χ1) is 8.95. The molecule has 1 atom stereocenters. The second-order valence-corrected chi connectivity index (χ2v) is 6.55. The number of hydrogen-bond acceptors (Lipinski definition) is 3. The molecule has 0 saturated carbocycles. The number of nitrogens with one attached hydrogen (secondary N) is 1. The fourth-order valence-electron chi connectivity index (χ4n) is 1.89. The number of thiazole rings is 1. The Kier molecular flexibility index (Phi) is 4.85. The van der Waals surface area contributed by atoms with Crippen LogP contribution in [0.25, 0.3) is 0 Å². The van der Waals surface area contributed by atoms with Gasteiger partial charge in [-0.2, -0.15) is 0 Å². The van der Waals surface area contributed by atoms with E-state index in [0.29, 0.717) is 16.1 Å². The van der Waals surface area contributed by atoms with Crippen molar-refractivity contribution in [2.24, 2.45) is 0 Å². The summed E-state index contributed by atoms with van der Waals surface area (Å²) in [6.07, 6.45) is 0. The summed E-state index contributed by atoms with van der Waals surface area (Å²) in [5.41, 5.74) is 2.07. The predicted octanol–water partition coefficient (Wildman–Crippen LogP) is 4.85. The van der Waals surface area contributed by atoms with Gasteiger partial charge in [0, 0.05) is 27.2 Å². The van der Waals surface area contributed by atoms with Gasteiger partial charge in [-0.3, -0.25) is 0 Å². The molecule has 0 spiro atoms. The van der Waals surface area contributed by atoms with Crippen molar-refractivity contribution >= 4 is 34.5 Å². The summed E-state index contributed by atoms with van der Waals surface area (Å²) in [6, 6.07) is 5.97. The van der Waals surface area contributed by atoms with Crippen LogP contribution >= 0.6 is 34.5 Å². The Labute approximate surface area is 127 Å². The van der Waals surface area contributed by atoms with Crippen molar-refractivity contribution in [3.63, 3.8) is 0 Å². The molecule has 19 heavy (non-hydrogen) atoms. The highest BCUT2D eigenvalue weighted by Crippen LogP contribution is 2.29. The topological polar surface area (TPSA) is 24.9 Å². The maximum absolute atomic E-state index is 6.09. The molecule has 2 nitrogen and oxygen atoms in total. The highest BCUT2D eigenvalue weighted by atomic mass is 35.5. The fourth-order valence-corrected chi connectivity index (χ4v) is 3.31. The summed E-state index contributed by atoms with van der Waals surface area (Å²) in [5, 5.41) is 7.88. The largest absolute Gasteiger partial charge is 0.302 e. The van der Waals surface area contributed by atoms with Gasteiger partial charge in [0.1, 0.15) is 5.01 Å². The molecule has 0 saturated heterocycles. The Bertz CT molecular complexity index is 546. The number of aryl methyl sites for hydroxylation is 1. The van der Waals surface area contributed by atoms with E-state index in [1.807, 2.05) is 19.1 Å². The molecule has 0 aliphatic heterocycles. The smallest absolute Gasteiger partial charge is 0.114 e. The Morgan fingerprint density at radius 3 is 2.26 bits per heavy atom. The maximum Gasteiger partial charge on any atom is 0.114 e. The van der Waals surface area contributed by atoms with Crippen molar-refractivity contribution in [3.05, 3.63) is 49.9 Å². The molecule has 0 bridgehead atoms. The third kappa shape index (κ3) is 3.93. The summed E-state index contributed by atoms with van der Waals surface area (Å²) in [7, 11) is 0. The van der Waals surface area contributed by atoms with E-state index in [1.54, 1.807) is 17.4 Å². The minimum Gasteiger partial charge on any atom is -0.302 e. The van der Waals surface area contributed by atoms with Gasteiger partial charge in [0.15, 0.2) is 0 Å². The van der Waals surface area contributed by atoms with Gasteiger partial charge in [-0.25, -0.2) is 4.98 Å². The standard InChI is InChI=1S/C14H16Cl2N2S/c1-8(2)17-13(14-18-9(3)7-19-14)10-4-11(15)6-12(16)5-10/h4-8,13,17H,1-3H3. The van der Waals surface area contributed by atoms with Crippen LogP contribution in [0.5, 0.6) is 0 Å². The van der Waals surface area contributed by atoms with E-state index in [2.05, 4.69) is 29.5 Å². The van der Waals surface area contributed by atoms with Gasteiger partial charge in [-0.05, 0) is 44.5 Å². The number of aromatic nitrogens is 1. The van der Waals surface area contributed by atoms with Crippen molar-refractivity contribution < 1.29 is 0 Å². The van der Waals surface area contributed by atoms with Crippen LogP contribution in [-0.4, -0.2) is 11.0 Å². The van der Waals surface area contributed by atoms with Gasteiger partial charge in [0.2, 0.25) is 0 Å². The van der Waals surface area contributed by atoms with Crippen molar-refractivity contribution in [2.45, 2.75) is 32.9 Å². The van der Waals surface area contributed by atoms with Crippen molar-refractivity contribution in [3.8, 4) is 0 Å². The van der Waals surface area contributed by atoms with E-state index < -0.39 is 0 Å². The Morgan fingerprint density at radius 1 is 1.16 bits per heavy atom. The molecule has 1 heterocycles. The molecule has 2 rings (SSSR count). The second kappa shape index (κ2) is 6.23. The number of rotatable bonds is 4. The number of nitrogens with zero attached hydrogens (tertiary/aromatic N) is 1. The minimum atomic E-state index is 0.0231. The average molecular weight is 315 g/mol. The molecule has 102 valence electrons. The van der Waals surface area contributed by atoms with Crippen LogP contribution in [0.3, 0.4) is 0 Å². The number of benzene rings is 1. The quantitative estimate of drug-likeness (QED) is 0.873. The maximum atomic E-state index is 6.09. The molecule has 0 aliphatic carbocycles. The van der Waals surface area contributed by atoms with E-state index >= 15 is 0 Å². The van der Waals surface area contributed by atoms with Gasteiger partial charge in [-0.1, -0.05) is 23.2 Å². The SMILES string of the molecule is Cc1csc(C(NC(C)C)c2cc(Cl)cc(Cl)c2)n1. The number of halogens is 2. The normalized spacial score (nSPS) is 12.9. The van der Waals surface area contributed by atoms with Crippen molar-refractivity contribution in [1.29, 1.82) is 0 Å². The minimum absolute atomic E-state index is 0.0231. The molecule has 2 aromatic rings. The van der Waals surface area contributed by atoms with Gasteiger partial charge in [0.05, 0.1) is 6.04 Å². The second-order valence-electron chi connectivity index (χ2n) is 4.78. The Hall–Kier alpha value is -0.610. The number of hydrogen-bond donors (Lipinski definition) is 1. The lowest BCUT2D eigenvalue weighted by atomic mass is 10.1. The summed E-state index contributed by atoms with van der Waals surface area (Å²) < 4.78 is 0. The van der Waals surface area contributed by atoms with Crippen LogP contribution in [0, 0.1) is 6.92 Å². The van der Waals surface area contributed by atoms with E-state index in [1.165, 1.54) is 0 Å². The third-order valence-corrected chi connectivity index (χ3v) is 4.07. The molecule has 1 aromatic carbocycles. The molecular weight excluding hydrogens is 299 g/mol. The first kappa shape index (κ1) is 14.8. The average Bonchev–Trinajstić information content (AvgIpc) is 2.71. The zero-order chi connectivity index (χ0) is 14.0. The van der Waals surface area contributed by atoms with Crippen molar-refractivity contribution in [2.75, 3.05) is 0 Å². The molecule has 5 heteroatoms. The zero-order valence-electron chi connectivity index (χ0n) is 11.1. The van der Waals surface area contributed by atoms with E-state index in [4.69, 9.17) is 23.2 Å². The molecule has 0 radical (unpaired) electrons. The molecule has 0 amide bonds. The summed E-state index contributed by atoms with van der Waals surface area (Å²) in [6.45, 7) is 6.22. The van der Waals surface area contributed by atoms with Crippen LogP contribution < -0.4 is 5.32 Å². The predicted molar refractivity (Wildman–Crippen MR) is 83.4 cm³/mol. The summed E-state index contributed by atoms with van der Waals surface area (Å²) >= 11 is 13.8. The van der Waals surface area contributed by atoms with Crippen molar-refractivity contribution in [1.82, 2.24) is 10.3 Å². The van der Waals surface area contributed by atoms with E-state index in [-0.39, 0.29) is 6.04 Å². The fraction of sp³-hybridized carbons (Fsp3) is 0.357. The molecule has 0 aliphatic rings. The molecule has 0 fully saturated rings. The lowest BCUT2D eigenvalue weighted by Gasteiger charge is -2.20. The van der Waals surface area contributed by atoms with Crippen LogP contribution in [-0.2, 0) is 0 Å². The first-order valence-electron chi connectivity index (χ1n) is 6.10. The third-order valence-electron chi connectivity index (χ3n) is 2.60. The molecule has 1 unspecified atom stereocenters. The van der Waals surface area contributed by atoms with Crippen LogP contribution in [0.4, 0.5) is 0 Å². The molecular formula is C14H16Cl2N2S. The highest BCUT2D eigenvalue weighted by Gasteiger charge is 2.19. The highest BCUT2D eigenvalue weighted by molar-refractivity contribution is 7.09. The zero-order valence-corrected chi connectivity index (χ0v) is 13.4. The summed E-state index contributed by atoms with van der Waals surface area (Å²) in [5.74, 6) is 0. The van der Waals surface area contributed by atoms with Gasteiger partial charge in [-0.15, -0.1) is 11.3 Å². The van der Waals surface area contributed by atoms with Gasteiger partial charge in [0.25, 0.3) is 0 Å². The molecule has 1 aromatic heterocycles. The van der Waals surface area contributed by atoms with E-state index in [9.17, 15) is 0 Å². The first-order valence-corrected chi connectivity index (χ1v) is 7.73.